The molecule has 0 spiro atoms. The van der Waals surface area contributed by atoms with Gasteiger partial charge in [0.2, 0.25) is 0 Å². The van der Waals surface area contributed by atoms with E-state index >= 15 is 0 Å². The van der Waals surface area contributed by atoms with E-state index in [9.17, 15) is 9.18 Å². The molecule has 3 N–H and O–H groups in total. The van der Waals surface area contributed by atoms with Crippen LogP contribution in [0.5, 0.6) is 0 Å². The molecule has 4 aromatic rings. The summed E-state index contributed by atoms with van der Waals surface area (Å²) < 4.78 is 14.0. The molecule has 28 heavy (non-hydrogen) atoms. The van der Waals surface area contributed by atoms with Crippen molar-refractivity contribution < 1.29 is 9.18 Å². The second-order valence-corrected chi connectivity index (χ2v) is 6.53. The van der Waals surface area contributed by atoms with Gasteiger partial charge in [0.05, 0.1) is 11.2 Å². The molecule has 2 aromatic heterocycles. The fourth-order valence-corrected chi connectivity index (χ4v) is 3.14. The lowest BCUT2D eigenvalue weighted by Crippen LogP contribution is -2.12. The number of hydrogen-bond donors (Lipinski definition) is 3. The van der Waals surface area contributed by atoms with Crippen LogP contribution in [-0.4, -0.2) is 22.9 Å². The minimum absolute atomic E-state index is 0.309. The normalized spacial score (nSPS) is 10.8. The predicted molar refractivity (Wildman–Crippen MR) is 110 cm³/mol. The van der Waals surface area contributed by atoms with Crippen LogP contribution in [0.4, 0.5) is 15.9 Å². The fraction of sp³-hybridized carbons (Fsp3) is 0.0909. The molecule has 0 aliphatic heterocycles. The molecule has 5 nitrogen and oxygen atoms in total. The predicted octanol–water partition coefficient (Wildman–Crippen LogP) is 4.97. The van der Waals surface area contributed by atoms with E-state index in [1.807, 2.05) is 50.4 Å². The summed E-state index contributed by atoms with van der Waals surface area (Å²) in [6.45, 7) is 1.87. The van der Waals surface area contributed by atoms with Gasteiger partial charge in [0, 0.05) is 23.7 Å². The highest BCUT2D eigenvalue weighted by atomic mass is 19.1. The first-order valence-electron chi connectivity index (χ1n) is 8.89. The number of rotatable bonds is 4. The first-order chi connectivity index (χ1) is 13.5. The van der Waals surface area contributed by atoms with Gasteiger partial charge in [0.15, 0.2) is 0 Å². The van der Waals surface area contributed by atoms with Gasteiger partial charge in [-0.1, -0.05) is 24.3 Å². The molecular formula is C22H19FN4O. The number of benzene rings is 2. The molecule has 0 bridgehead atoms. The van der Waals surface area contributed by atoms with Gasteiger partial charge in [-0.25, -0.2) is 9.37 Å². The summed E-state index contributed by atoms with van der Waals surface area (Å²) in [5, 5.41) is 6.28. The molecule has 0 radical (unpaired) electrons. The van der Waals surface area contributed by atoms with Crippen LogP contribution in [0.15, 0.2) is 60.7 Å². The third-order valence-electron chi connectivity index (χ3n) is 4.62. The van der Waals surface area contributed by atoms with E-state index in [1.165, 1.54) is 12.1 Å². The number of hydrogen-bond acceptors (Lipinski definition) is 3. The molecule has 1 amide bonds. The number of amides is 1. The van der Waals surface area contributed by atoms with E-state index < -0.39 is 0 Å². The molecule has 140 valence electrons. The average molecular weight is 374 g/mol. The van der Waals surface area contributed by atoms with Gasteiger partial charge in [0.25, 0.3) is 5.91 Å². The Bertz CT molecular complexity index is 1140. The highest BCUT2D eigenvalue weighted by Gasteiger charge is 2.14. The van der Waals surface area contributed by atoms with Crippen molar-refractivity contribution in [2.75, 3.05) is 17.7 Å². The number of carbonyl (C=O) groups is 1. The standard InChI is InChI=1S/C22H19FN4O/c1-13-9-10-17(23)16-12-19(27-21(13)16)22(28)25-15-6-3-5-14(11-15)18-7-4-8-20(24-2)26-18/h3-12,27H,1-2H3,(H,24,26)(H,25,28). The van der Waals surface area contributed by atoms with Gasteiger partial charge in [-0.3, -0.25) is 4.79 Å². The maximum absolute atomic E-state index is 14.0. The Kier molecular flexibility index (Phi) is 4.53. The molecule has 2 heterocycles. The van der Waals surface area contributed by atoms with Crippen LogP contribution in [0.3, 0.4) is 0 Å². The summed E-state index contributed by atoms with van der Waals surface area (Å²) in [6, 6.07) is 17.8. The van der Waals surface area contributed by atoms with Crippen LogP contribution < -0.4 is 10.6 Å². The number of nitrogens with zero attached hydrogens (tertiary/aromatic N) is 1. The number of anilines is 2. The van der Waals surface area contributed by atoms with Crippen molar-refractivity contribution in [3.63, 3.8) is 0 Å². The van der Waals surface area contributed by atoms with Crippen molar-refractivity contribution in [3.05, 3.63) is 77.7 Å². The zero-order valence-electron chi connectivity index (χ0n) is 15.5. The quantitative estimate of drug-likeness (QED) is 0.472. The Hall–Kier alpha value is -3.67. The molecule has 0 saturated carbocycles. The van der Waals surface area contributed by atoms with Gasteiger partial charge < -0.3 is 15.6 Å². The van der Waals surface area contributed by atoms with Crippen molar-refractivity contribution >= 4 is 28.3 Å². The number of nitrogens with one attached hydrogen (secondary N) is 3. The average Bonchev–Trinajstić information content (AvgIpc) is 3.18. The van der Waals surface area contributed by atoms with Gasteiger partial charge in [0.1, 0.15) is 17.3 Å². The van der Waals surface area contributed by atoms with Crippen LogP contribution in [0, 0.1) is 12.7 Å². The molecule has 6 heteroatoms. The summed E-state index contributed by atoms with van der Waals surface area (Å²) in [5.41, 5.74) is 4.14. The molecular weight excluding hydrogens is 355 g/mol. The minimum Gasteiger partial charge on any atom is -0.373 e. The molecule has 0 atom stereocenters. The SMILES string of the molecule is CNc1cccc(-c2cccc(NC(=O)c3cc4c(F)ccc(C)c4[nH]3)c2)n1. The van der Waals surface area contributed by atoms with Crippen LogP contribution in [0.25, 0.3) is 22.2 Å². The van der Waals surface area contributed by atoms with E-state index in [0.29, 0.717) is 22.3 Å². The number of H-pyrrole nitrogens is 1. The van der Waals surface area contributed by atoms with E-state index in [-0.39, 0.29) is 11.7 Å². The van der Waals surface area contributed by atoms with E-state index in [2.05, 4.69) is 20.6 Å². The van der Waals surface area contributed by atoms with Crippen molar-refractivity contribution in [2.24, 2.45) is 0 Å². The lowest BCUT2D eigenvalue weighted by molar-refractivity contribution is 0.102. The van der Waals surface area contributed by atoms with Crippen LogP contribution in [0.2, 0.25) is 0 Å². The number of halogens is 1. The Morgan fingerprint density at radius 1 is 1.07 bits per heavy atom. The van der Waals surface area contributed by atoms with Gasteiger partial charge in [-0.05, 0) is 48.9 Å². The Morgan fingerprint density at radius 3 is 2.68 bits per heavy atom. The second kappa shape index (κ2) is 7.15. The molecule has 0 unspecified atom stereocenters. The second-order valence-electron chi connectivity index (χ2n) is 6.53. The number of carbonyl (C=O) groups excluding carboxylic acids is 1. The van der Waals surface area contributed by atoms with Crippen LogP contribution >= 0.6 is 0 Å². The monoisotopic (exact) mass is 374 g/mol. The smallest absolute Gasteiger partial charge is 0.272 e. The highest BCUT2D eigenvalue weighted by Crippen LogP contribution is 2.25. The highest BCUT2D eigenvalue weighted by molar-refractivity contribution is 6.06. The van der Waals surface area contributed by atoms with Crippen molar-refractivity contribution in [3.8, 4) is 11.3 Å². The zero-order chi connectivity index (χ0) is 19.7. The van der Waals surface area contributed by atoms with Crippen molar-refractivity contribution in [2.45, 2.75) is 6.92 Å². The molecule has 0 aliphatic rings. The van der Waals surface area contributed by atoms with Gasteiger partial charge in [-0.2, -0.15) is 0 Å². The first-order valence-corrected chi connectivity index (χ1v) is 8.89. The van der Waals surface area contributed by atoms with E-state index in [0.717, 1.165) is 22.6 Å². The topological polar surface area (TPSA) is 69.8 Å². The maximum Gasteiger partial charge on any atom is 0.272 e. The van der Waals surface area contributed by atoms with Crippen LogP contribution in [0.1, 0.15) is 16.1 Å². The third kappa shape index (κ3) is 3.32. The molecule has 2 aromatic carbocycles. The fourth-order valence-electron chi connectivity index (χ4n) is 3.14. The third-order valence-corrected chi connectivity index (χ3v) is 4.62. The van der Waals surface area contributed by atoms with Gasteiger partial charge >= 0.3 is 0 Å². The summed E-state index contributed by atoms with van der Waals surface area (Å²) >= 11 is 0. The Morgan fingerprint density at radius 2 is 1.89 bits per heavy atom. The zero-order valence-corrected chi connectivity index (χ0v) is 15.5. The summed E-state index contributed by atoms with van der Waals surface area (Å²) in [4.78, 5) is 20.2. The number of pyridine rings is 1. The van der Waals surface area contributed by atoms with E-state index in [4.69, 9.17) is 0 Å². The summed E-state index contributed by atoms with van der Waals surface area (Å²) in [6.07, 6.45) is 0. The number of aromatic amines is 1. The maximum atomic E-state index is 14.0. The minimum atomic E-state index is -0.353. The lowest BCUT2D eigenvalue weighted by Gasteiger charge is -2.08. The number of aryl methyl sites for hydroxylation is 1. The lowest BCUT2D eigenvalue weighted by atomic mass is 10.1. The van der Waals surface area contributed by atoms with Crippen molar-refractivity contribution in [1.82, 2.24) is 9.97 Å². The van der Waals surface area contributed by atoms with Gasteiger partial charge in [-0.15, -0.1) is 0 Å². The summed E-state index contributed by atoms with van der Waals surface area (Å²) in [7, 11) is 1.81. The number of fused-ring (bicyclic) bond motifs is 1. The Balaban J connectivity index is 1.62. The van der Waals surface area contributed by atoms with Crippen molar-refractivity contribution in [1.29, 1.82) is 0 Å². The molecule has 0 fully saturated rings. The van der Waals surface area contributed by atoms with Crippen LogP contribution in [-0.2, 0) is 0 Å². The molecule has 4 rings (SSSR count). The molecule has 0 aliphatic carbocycles. The summed E-state index contributed by atoms with van der Waals surface area (Å²) in [5.74, 6) is 0.0832. The van der Waals surface area contributed by atoms with E-state index in [1.54, 1.807) is 12.1 Å². The molecule has 0 saturated heterocycles. The first kappa shape index (κ1) is 17.7. The number of aromatic nitrogens is 2. The largest absolute Gasteiger partial charge is 0.373 e. The Labute approximate surface area is 161 Å².